The first kappa shape index (κ1) is 14.5. The molecule has 3 nitrogen and oxygen atoms in total. The third-order valence-electron chi connectivity index (χ3n) is 5.92. The Balaban J connectivity index is 1.26. The van der Waals surface area contributed by atoms with Gasteiger partial charge in [-0.3, -0.25) is 4.90 Å². The monoisotopic (exact) mass is 299 g/mol. The van der Waals surface area contributed by atoms with E-state index in [2.05, 4.69) is 45.4 Å². The molecule has 1 N–H and O–H groups in total. The van der Waals surface area contributed by atoms with Gasteiger partial charge in [0.25, 0.3) is 0 Å². The number of para-hydroxylation sites is 1. The summed E-state index contributed by atoms with van der Waals surface area (Å²) in [4.78, 5) is 5.20. The summed E-state index contributed by atoms with van der Waals surface area (Å²) >= 11 is 0. The normalized spacial score (nSPS) is 32.9. The summed E-state index contributed by atoms with van der Waals surface area (Å²) in [7, 11) is 0. The van der Waals surface area contributed by atoms with Gasteiger partial charge in [0.05, 0.1) is 0 Å². The van der Waals surface area contributed by atoms with E-state index in [1.807, 2.05) is 0 Å². The van der Waals surface area contributed by atoms with Crippen LogP contribution in [-0.4, -0.2) is 49.7 Å². The van der Waals surface area contributed by atoms with E-state index in [9.17, 15) is 0 Å². The fraction of sp³-hybridized carbons (Fsp3) is 0.684. The van der Waals surface area contributed by atoms with Crippen molar-refractivity contribution >= 4 is 5.69 Å². The van der Waals surface area contributed by atoms with E-state index in [4.69, 9.17) is 0 Å². The van der Waals surface area contributed by atoms with E-state index in [0.717, 1.165) is 18.0 Å². The Hall–Kier alpha value is -1.06. The van der Waals surface area contributed by atoms with Crippen LogP contribution in [0.25, 0.3) is 0 Å². The van der Waals surface area contributed by atoms with Crippen LogP contribution >= 0.6 is 0 Å². The maximum absolute atomic E-state index is 3.93. The molecule has 2 aliphatic heterocycles. The number of rotatable bonds is 3. The van der Waals surface area contributed by atoms with Gasteiger partial charge in [-0.05, 0) is 37.3 Å². The van der Waals surface area contributed by atoms with Gasteiger partial charge < -0.3 is 10.2 Å². The smallest absolute Gasteiger partial charge is 0.0367 e. The molecule has 0 radical (unpaired) electrons. The molecule has 0 bridgehead atoms. The summed E-state index contributed by atoms with van der Waals surface area (Å²) < 4.78 is 0. The number of nitrogens with zero attached hydrogens (tertiary/aromatic N) is 2. The number of benzene rings is 1. The Morgan fingerprint density at radius 3 is 2.50 bits per heavy atom. The number of anilines is 1. The van der Waals surface area contributed by atoms with Crippen LogP contribution in [0.2, 0.25) is 0 Å². The van der Waals surface area contributed by atoms with Crippen LogP contribution in [0.5, 0.6) is 0 Å². The van der Waals surface area contributed by atoms with Gasteiger partial charge in [-0.2, -0.15) is 0 Å². The van der Waals surface area contributed by atoms with Crippen molar-refractivity contribution in [1.29, 1.82) is 0 Å². The lowest BCUT2D eigenvalue weighted by molar-refractivity contribution is 0.233. The Labute approximate surface area is 134 Å². The molecular formula is C19H29N3. The van der Waals surface area contributed by atoms with Crippen LogP contribution in [-0.2, 0) is 0 Å². The largest absolute Gasteiger partial charge is 0.369 e. The summed E-state index contributed by atoms with van der Waals surface area (Å²) in [5.41, 5.74) is 1.38. The molecule has 2 heterocycles. The molecule has 1 aromatic rings. The van der Waals surface area contributed by atoms with Gasteiger partial charge in [-0.1, -0.05) is 31.0 Å². The number of nitrogens with one attached hydrogen (secondary N) is 1. The molecule has 1 aromatic carbocycles. The van der Waals surface area contributed by atoms with E-state index in [1.165, 1.54) is 70.5 Å². The Morgan fingerprint density at radius 2 is 1.73 bits per heavy atom. The van der Waals surface area contributed by atoms with Gasteiger partial charge in [0.1, 0.15) is 0 Å². The molecule has 2 saturated heterocycles. The minimum atomic E-state index is 0.747. The van der Waals surface area contributed by atoms with Crippen LogP contribution in [0.4, 0.5) is 5.69 Å². The van der Waals surface area contributed by atoms with Crippen molar-refractivity contribution in [3.8, 4) is 0 Å². The Morgan fingerprint density at radius 1 is 0.955 bits per heavy atom. The summed E-state index contributed by atoms with van der Waals surface area (Å²) in [6.45, 7) is 6.02. The highest BCUT2D eigenvalue weighted by Gasteiger charge is 2.35. The van der Waals surface area contributed by atoms with Crippen molar-refractivity contribution in [2.24, 2.45) is 5.92 Å². The minimum absolute atomic E-state index is 0.747. The van der Waals surface area contributed by atoms with Crippen LogP contribution in [0, 0.1) is 5.92 Å². The maximum atomic E-state index is 3.93. The predicted octanol–water partition coefficient (Wildman–Crippen LogP) is 2.73. The van der Waals surface area contributed by atoms with Gasteiger partial charge >= 0.3 is 0 Å². The lowest BCUT2D eigenvalue weighted by atomic mass is 9.85. The zero-order chi connectivity index (χ0) is 14.8. The molecule has 3 unspecified atom stereocenters. The maximum Gasteiger partial charge on any atom is 0.0367 e. The molecular weight excluding hydrogens is 270 g/mol. The predicted molar refractivity (Wildman–Crippen MR) is 92.4 cm³/mol. The highest BCUT2D eigenvalue weighted by Crippen LogP contribution is 2.33. The highest BCUT2D eigenvalue weighted by atomic mass is 15.3. The summed E-state index contributed by atoms with van der Waals surface area (Å²) in [5.74, 6) is 0.976. The van der Waals surface area contributed by atoms with Crippen LogP contribution in [0.3, 0.4) is 0 Å². The zero-order valence-corrected chi connectivity index (χ0v) is 13.6. The first-order valence-corrected chi connectivity index (χ1v) is 9.17. The van der Waals surface area contributed by atoms with Gasteiger partial charge in [-0.25, -0.2) is 0 Å². The van der Waals surface area contributed by atoms with Crippen molar-refractivity contribution in [3.63, 3.8) is 0 Å². The molecule has 3 fully saturated rings. The molecule has 3 aliphatic rings. The summed E-state index contributed by atoms with van der Waals surface area (Å²) in [6.07, 6.45) is 7.21. The minimum Gasteiger partial charge on any atom is -0.369 e. The third kappa shape index (κ3) is 3.16. The highest BCUT2D eigenvalue weighted by molar-refractivity contribution is 5.46. The van der Waals surface area contributed by atoms with Gasteiger partial charge in [0.2, 0.25) is 0 Å². The average Bonchev–Trinajstić information content (AvgIpc) is 2.98. The Kier molecular flexibility index (Phi) is 4.35. The quantitative estimate of drug-likeness (QED) is 0.926. The average molecular weight is 299 g/mol. The number of hydrogen-bond acceptors (Lipinski definition) is 3. The summed E-state index contributed by atoms with van der Waals surface area (Å²) in [6, 6.07) is 12.4. The fourth-order valence-electron chi connectivity index (χ4n) is 4.71. The molecule has 1 saturated carbocycles. The van der Waals surface area contributed by atoms with Crippen molar-refractivity contribution in [3.05, 3.63) is 30.3 Å². The van der Waals surface area contributed by atoms with E-state index in [-0.39, 0.29) is 0 Å². The summed E-state index contributed by atoms with van der Waals surface area (Å²) in [5, 5.41) is 3.93. The molecule has 0 aromatic heterocycles. The lowest BCUT2D eigenvalue weighted by Gasteiger charge is -2.37. The van der Waals surface area contributed by atoms with Gasteiger partial charge in [-0.15, -0.1) is 0 Å². The molecule has 1 aliphatic carbocycles. The fourth-order valence-corrected chi connectivity index (χ4v) is 4.71. The van der Waals surface area contributed by atoms with Crippen molar-refractivity contribution in [2.75, 3.05) is 37.6 Å². The zero-order valence-electron chi connectivity index (χ0n) is 13.6. The molecule has 0 spiro atoms. The van der Waals surface area contributed by atoms with Crippen molar-refractivity contribution < 1.29 is 0 Å². The third-order valence-corrected chi connectivity index (χ3v) is 5.92. The Bertz CT molecular complexity index is 453. The first-order valence-electron chi connectivity index (χ1n) is 9.17. The van der Waals surface area contributed by atoms with E-state index >= 15 is 0 Å². The van der Waals surface area contributed by atoms with E-state index in [1.54, 1.807) is 0 Å². The molecule has 120 valence electrons. The molecule has 22 heavy (non-hydrogen) atoms. The van der Waals surface area contributed by atoms with Crippen molar-refractivity contribution in [2.45, 2.75) is 44.2 Å². The second kappa shape index (κ2) is 6.59. The SMILES string of the molecule is c1ccc(N2CCN(CC3CC4CCCCC4N3)CC2)cc1. The van der Waals surface area contributed by atoms with E-state index in [0.29, 0.717) is 0 Å². The number of hydrogen-bond donors (Lipinski definition) is 1. The molecule has 3 atom stereocenters. The van der Waals surface area contributed by atoms with Crippen LogP contribution in [0.1, 0.15) is 32.1 Å². The molecule has 3 heteroatoms. The second-order valence-corrected chi connectivity index (χ2v) is 7.37. The lowest BCUT2D eigenvalue weighted by Crippen LogP contribution is -2.50. The van der Waals surface area contributed by atoms with Crippen LogP contribution in [0.15, 0.2) is 30.3 Å². The molecule has 4 rings (SSSR count). The second-order valence-electron chi connectivity index (χ2n) is 7.37. The number of fused-ring (bicyclic) bond motifs is 1. The van der Waals surface area contributed by atoms with Crippen LogP contribution < -0.4 is 10.2 Å². The topological polar surface area (TPSA) is 18.5 Å². The van der Waals surface area contributed by atoms with Crippen molar-refractivity contribution in [1.82, 2.24) is 10.2 Å². The first-order chi connectivity index (χ1) is 10.9. The number of piperazine rings is 1. The molecule has 0 amide bonds. The standard InChI is InChI=1S/C19H29N3/c1-2-7-18(8-3-1)22-12-10-21(11-13-22)15-17-14-16-6-4-5-9-19(16)20-17/h1-3,7-8,16-17,19-20H,4-6,9-15H2. The van der Waals surface area contributed by atoms with Gasteiger partial charge in [0.15, 0.2) is 0 Å². The van der Waals surface area contributed by atoms with E-state index < -0.39 is 0 Å². The van der Waals surface area contributed by atoms with Gasteiger partial charge in [0, 0.05) is 50.5 Å².